The molecule has 0 unspecified atom stereocenters. The summed E-state index contributed by atoms with van der Waals surface area (Å²) in [5.41, 5.74) is 11.6. The normalized spacial score (nSPS) is 11.2. The molecule has 5 nitrogen and oxygen atoms in total. The fourth-order valence-electron chi connectivity index (χ4n) is 7.65. The third kappa shape index (κ3) is 6.07. The van der Waals surface area contributed by atoms with Crippen molar-refractivity contribution in [2.75, 3.05) is 4.90 Å². The number of aromatic nitrogens is 4. The summed E-state index contributed by atoms with van der Waals surface area (Å²) < 4.78 is 2.21. The number of para-hydroxylation sites is 4. The lowest BCUT2D eigenvalue weighted by molar-refractivity contribution is 0.954. The van der Waals surface area contributed by atoms with Gasteiger partial charge in [-0.1, -0.05) is 164 Å². The number of fused-ring (bicyclic) bond motifs is 3. The lowest BCUT2D eigenvalue weighted by Gasteiger charge is -2.26. The van der Waals surface area contributed by atoms with E-state index in [0.717, 1.165) is 72.2 Å². The average molecular weight is 718 g/mol. The molecule has 0 saturated heterocycles. The van der Waals surface area contributed by atoms with Crippen molar-refractivity contribution in [1.29, 1.82) is 0 Å². The zero-order valence-corrected chi connectivity index (χ0v) is 30.4. The van der Waals surface area contributed by atoms with Gasteiger partial charge in [0.25, 0.3) is 0 Å². The Labute approximate surface area is 325 Å². The molecular formula is C51H35N5. The maximum atomic E-state index is 5.30. The van der Waals surface area contributed by atoms with E-state index in [2.05, 4.69) is 191 Å². The van der Waals surface area contributed by atoms with Crippen LogP contribution in [-0.2, 0) is 0 Å². The van der Waals surface area contributed by atoms with Gasteiger partial charge in [0, 0.05) is 44.5 Å². The zero-order chi connectivity index (χ0) is 37.3. The number of benzene rings is 8. The summed E-state index contributed by atoms with van der Waals surface area (Å²) in [6, 6.07) is 73.9. The van der Waals surface area contributed by atoms with Crippen LogP contribution in [0.4, 0.5) is 17.1 Å². The third-order valence-corrected chi connectivity index (χ3v) is 10.2. The van der Waals surface area contributed by atoms with Gasteiger partial charge >= 0.3 is 0 Å². The van der Waals surface area contributed by atoms with Crippen LogP contribution in [-0.4, -0.2) is 19.5 Å². The summed E-state index contributed by atoms with van der Waals surface area (Å²) in [4.78, 5) is 17.9. The van der Waals surface area contributed by atoms with Crippen LogP contribution in [0.15, 0.2) is 212 Å². The molecule has 0 aliphatic rings. The summed E-state index contributed by atoms with van der Waals surface area (Å²) >= 11 is 0. The van der Waals surface area contributed by atoms with Crippen molar-refractivity contribution in [3.05, 3.63) is 212 Å². The van der Waals surface area contributed by atoms with E-state index >= 15 is 0 Å². The van der Waals surface area contributed by atoms with Crippen molar-refractivity contribution in [3.63, 3.8) is 0 Å². The smallest absolute Gasteiger partial charge is 0.238 e. The molecule has 0 N–H and O–H groups in total. The van der Waals surface area contributed by atoms with E-state index in [-0.39, 0.29) is 0 Å². The number of hydrogen-bond acceptors (Lipinski definition) is 4. The highest BCUT2D eigenvalue weighted by Crippen LogP contribution is 2.39. The predicted octanol–water partition coefficient (Wildman–Crippen LogP) is 13.1. The molecule has 0 aliphatic heterocycles. The molecule has 0 saturated carbocycles. The van der Waals surface area contributed by atoms with Crippen molar-refractivity contribution in [1.82, 2.24) is 19.5 Å². The second-order valence-electron chi connectivity index (χ2n) is 13.7. The van der Waals surface area contributed by atoms with Gasteiger partial charge in [-0.05, 0) is 65.2 Å². The molecule has 2 heterocycles. The van der Waals surface area contributed by atoms with E-state index in [0.29, 0.717) is 17.6 Å². The van der Waals surface area contributed by atoms with Crippen LogP contribution in [0, 0.1) is 0 Å². The van der Waals surface area contributed by atoms with Crippen LogP contribution in [0.5, 0.6) is 0 Å². The molecule has 5 heteroatoms. The minimum Gasteiger partial charge on any atom is -0.310 e. The molecule has 0 spiro atoms. The van der Waals surface area contributed by atoms with Crippen molar-refractivity contribution in [2.45, 2.75) is 0 Å². The van der Waals surface area contributed by atoms with Gasteiger partial charge in [0.2, 0.25) is 5.95 Å². The van der Waals surface area contributed by atoms with E-state index in [1.165, 1.54) is 0 Å². The standard InChI is InChI=1S/C51H35N5/c1-5-18-36(19-6-1)44-31-17-32-46-45-30-13-14-33-47(45)56(48(44)46)51-53-49(37-20-7-2-8-21-37)52-50(54-51)40-24-15-22-38(34-40)39-23-16-29-43(35-39)55(41-25-9-3-10-26-41)42-27-11-4-12-28-42/h1-35H. The van der Waals surface area contributed by atoms with E-state index < -0.39 is 0 Å². The first kappa shape index (κ1) is 33.0. The van der Waals surface area contributed by atoms with Crippen LogP contribution in [0.3, 0.4) is 0 Å². The van der Waals surface area contributed by atoms with Gasteiger partial charge in [-0.2, -0.15) is 9.97 Å². The summed E-state index contributed by atoms with van der Waals surface area (Å²) in [5, 5.41) is 2.29. The molecule has 0 atom stereocenters. The van der Waals surface area contributed by atoms with Gasteiger partial charge in [-0.3, -0.25) is 4.57 Å². The molecule has 264 valence electrons. The second-order valence-corrected chi connectivity index (χ2v) is 13.7. The topological polar surface area (TPSA) is 46.8 Å². The minimum atomic E-state index is 0.567. The molecule has 0 amide bonds. The Morgan fingerprint density at radius 3 is 1.52 bits per heavy atom. The summed E-state index contributed by atoms with van der Waals surface area (Å²) in [6.07, 6.45) is 0. The van der Waals surface area contributed by atoms with Crippen LogP contribution < -0.4 is 4.90 Å². The first-order chi connectivity index (χ1) is 27.8. The summed E-state index contributed by atoms with van der Waals surface area (Å²) in [5.74, 6) is 1.78. The molecular weight excluding hydrogens is 683 g/mol. The summed E-state index contributed by atoms with van der Waals surface area (Å²) in [6.45, 7) is 0. The first-order valence-electron chi connectivity index (χ1n) is 18.8. The van der Waals surface area contributed by atoms with Gasteiger partial charge in [0.15, 0.2) is 11.6 Å². The Kier molecular flexibility index (Phi) is 8.43. The zero-order valence-electron chi connectivity index (χ0n) is 30.4. The molecule has 2 aromatic heterocycles. The first-order valence-corrected chi connectivity index (χ1v) is 18.8. The number of anilines is 3. The van der Waals surface area contributed by atoms with Crippen molar-refractivity contribution >= 4 is 38.9 Å². The highest BCUT2D eigenvalue weighted by atomic mass is 15.2. The Balaban J connectivity index is 1.15. The SMILES string of the molecule is c1ccc(-c2nc(-c3cccc(-c4cccc(N(c5ccccc5)c5ccccc5)c4)c3)nc(-n3c4ccccc4c4cccc(-c5ccccc5)c43)n2)cc1. The Hall–Kier alpha value is -7.63. The van der Waals surface area contributed by atoms with Gasteiger partial charge < -0.3 is 4.90 Å². The fraction of sp³-hybridized carbons (Fsp3) is 0. The third-order valence-electron chi connectivity index (χ3n) is 10.2. The lowest BCUT2D eigenvalue weighted by atomic mass is 10.0. The summed E-state index contributed by atoms with van der Waals surface area (Å²) in [7, 11) is 0. The number of rotatable bonds is 8. The second kappa shape index (κ2) is 14.3. The van der Waals surface area contributed by atoms with Crippen LogP contribution in [0.1, 0.15) is 0 Å². The fourth-order valence-corrected chi connectivity index (χ4v) is 7.65. The molecule has 0 bridgehead atoms. The maximum Gasteiger partial charge on any atom is 0.238 e. The van der Waals surface area contributed by atoms with Crippen molar-refractivity contribution < 1.29 is 0 Å². The molecule has 0 fully saturated rings. The molecule has 0 aliphatic carbocycles. The molecule has 56 heavy (non-hydrogen) atoms. The largest absolute Gasteiger partial charge is 0.310 e. The molecule has 8 aromatic carbocycles. The van der Waals surface area contributed by atoms with E-state index in [1.54, 1.807) is 0 Å². The average Bonchev–Trinajstić information content (AvgIpc) is 3.63. The Morgan fingerprint density at radius 1 is 0.339 bits per heavy atom. The quantitative estimate of drug-likeness (QED) is 0.157. The van der Waals surface area contributed by atoms with Gasteiger partial charge in [-0.25, -0.2) is 4.98 Å². The van der Waals surface area contributed by atoms with Gasteiger partial charge in [0.05, 0.1) is 11.0 Å². The van der Waals surface area contributed by atoms with E-state index in [9.17, 15) is 0 Å². The van der Waals surface area contributed by atoms with Crippen molar-refractivity contribution in [2.24, 2.45) is 0 Å². The highest BCUT2D eigenvalue weighted by Gasteiger charge is 2.21. The highest BCUT2D eigenvalue weighted by molar-refractivity contribution is 6.13. The van der Waals surface area contributed by atoms with Gasteiger partial charge in [-0.15, -0.1) is 0 Å². The van der Waals surface area contributed by atoms with E-state index in [4.69, 9.17) is 15.0 Å². The van der Waals surface area contributed by atoms with Gasteiger partial charge in [0.1, 0.15) is 0 Å². The molecule has 0 radical (unpaired) electrons. The van der Waals surface area contributed by atoms with Crippen molar-refractivity contribution in [3.8, 4) is 51.0 Å². The molecule has 10 aromatic rings. The minimum absolute atomic E-state index is 0.567. The van der Waals surface area contributed by atoms with E-state index in [1.807, 2.05) is 30.3 Å². The predicted molar refractivity (Wildman–Crippen MR) is 231 cm³/mol. The number of nitrogens with zero attached hydrogens (tertiary/aromatic N) is 5. The Morgan fingerprint density at radius 2 is 0.821 bits per heavy atom. The lowest BCUT2D eigenvalue weighted by Crippen LogP contribution is -2.09. The Bertz CT molecular complexity index is 2920. The van der Waals surface area contributed by atoms with Crippen LogP contribution >= 0.6 is 0 Å². The molecule has 10 rings (SSSR count). The van der Waals surface area contributed by atoms with Crippen LogP contribution in [0.2, 0.25) is 0 Å². The monoisotopic (exact) mass is 717 g/mol. The maximum absolute atomic E-state index is 5.30. The van der Waals surface area contributed by atoms with Crippen LogP contribution in [0.25, 0.3) is 72.8 Å². The number of hydrogen-bond donors (Lipinski definition) is 0.